The van der Waals surface area contributed by atoms with Crippen molar-refractivity contribution in [2.24, 2.45) is 5.73 Å². The molecule has 0 saturated carbocycles. The molecule has 0 aliphatic carbocycles. The fraction of sp³-hybridized carbons (Fsp3) is 0.500. The summed E-state index contributed by atoms with van der Waals surface area (Å²) in [5, 5.41) is 0. The zero-order valence-electron chi connectivity index (χ0n) is 10.5. The lowest BCUT2D eigenvalue weighted by Gasteiger charge is -2.21. The maximum atomic E-state index is 5.78. The van der Waals surface area contributed by atoms with Crippen LogP contribution < -0.4 is 5.73 Å². The Balaban J connectivity index is 1.86. The maximum absolute atomic E-state index is 5.78. The van der Waals surface area contributed by atoms with Crippen molar-refractivity contribution in [2.75, 3.05) is 6.61 Å². The summed E-state index contributed by atoms with van der Waals surface area (Å²) in [5.41, 5.74) is 7.94. The molecule has 4 nitrogen and oxygen atoms in total. The Morgan fingerprint density at radius 1 is 1.39 bits per heavy atom. The number of hydrogen-bond donors (Lipinski definition) is 1. The highest BCUT2D eigenvalue weighted by molar-refractivity contribution is 5.47. The van der Waals surface area contributed by atoms with Gasteiger partial charge in [-0.2, -0.15) is 0 Å². The van der Waals surface area contributed by atoms with E-state index in [4.69, 9.17) is 10.5 Å². The van der Waals surface area contributed by atoms with E-state index in [1.807, 2.05) is 6.20 Å². The van der Waals surface area contributed by atoms with Crippen LogP contribution >= 0.6 is 0 Å². The lowest BCUT2D eigenvalue weighted by atomic mass is 10.1. The number of hydrogen-bond acceptors (Lipinski definition) is 3. The molecule has 1 aliphatic rings. The van der Waals surface area contributed by atoms with Gasteiger partial charge in [0, 0.05) is 25.8 Å². The van der Waals surface area contributed by atoms with Gasteiger partial charge in [0.15, 0.2) is 0 Å². The molecule has 2 aromatic heterocycles. The first-order valence-corrected chi connectivity index (χ1v) is 6.63. The summed E-state index contributed by atoms with van der Waals surface area (Å²) in [4.78, 5) is 4.51. The van der Waals surface area contributed by atoms with Crippen molar-refractivity contribution in [3.63, 3.8) is 0 Å². The molecule has 1 fully saturated rings. The molecule has 1 unspecified atom stereocenters. The van der Waals surface area contributed by atoms with E-state index in [9.17, 15) is 0 Å². The number of rotatable bonds is 3. The van der Waals surface area contributed by atoms with Crippen LogP contribution in [-0.4, -0.2) is 22.1 Å². The van der Waals surface area contributed by atoms with E-state index in [0.717, 1.165) is 36.4 Å². The van der Waals surface area contributed by atoms with Crippen molar-refractivity contribution in [1.82, 2.24) is 9.38 Å². The van der Waals surface area contributed by atoms with Gasteiger partial charge in [0.2, 0.25) is 0 Å². The van der Waals surface area contributed by atoms with E-state index < -0.39 is 0 Å². The highest BCUT2D eigenvalue weighted by atomic mass is 16.5. The van der Waals surface area contributed by atoms with Crippen LogP contribution in [0.5, 0.6) is 0 Å². The minimum Gasteiger partial charge on any atom is -0.378 e. The van der Waals surface area contributed by atoms with Crippen molar-refractivity contribution in [3.8, 4) is 0 Å². The fourth-order valence-electron chi connectivity index (χ4n) is 2.53. The Morgan fingerprint density at radius 2 is 2.33 bits per heavy atom. The summed E-state index contributed by atoms with van der Waals surface area (Å²) in [6, 6.07) is 4.12. The summed E-state index contributed by atoms with van der Waals surface area (Å²) in [5.74, 6) is 1.08. The minimum absolute atomic E-state index is 0.325. The van der Waals surface area contributed by atoms with Crippen LogP contribution in [0.1, 0.15) is 30.7 Å². The van der Waals surface area contributed by atoms with Gasteiger partial charge in [0.05, 0.1) is 17.8 Å². The van der Waals surface area contributed by atoms with E-state index in [1.54, 1.807) is 0 Å². The summed E-state index contributed by atoms with van der Waals surface area (Å²) < 4.78 is 7.92. The van der Waals surface area contributed by atoms with E-state index >= 15 is 0 Å². The van der Waals surface area contributed by atoms with E-state index in [0.29, 0.717) is 12.6 Å². The van der Waals surface area contributed by atoms with Gasteiger partial charge in [-0.3, -0.25) is 0 Å². The first-order chi connectivity index (χ1) is 8.86. The minimum atomic E-state index is 0.325. The molecular formula is C14H19N3O. The average molecular weight is 245 g/mol. The van der Waals surface area contributed by atoms with Crippen molar-refractivity contribution < 1.29 is 4.74 Å². The van der Waals surface area contributed by atoms with Gasteiger partial charge in [-0.15, -0.1) is 0 Å². The number of ether oxygens (including phenoxy) is 1. The zero-order chi connectivity index (χ0) is 12.4. The SMILES string of the molecule is NCc1ccc2cnc(CC3CCCCO3)n2c1. The summed E-state index contributed by atoms with van der Waals surface area (Å²) in [7, 11) is 0. The number of pyridine rings is 1. The Kier molecular flexibility index (Phi) is 3.30. The second-order valence-electron chi connectivity index (χ2n) is 4.90. The fourth-order valence-corrected chi connectivity index (χ4v) is 2.53. The molecule has 3 rings (SSSR count). The van der Waals surface area contributed by atoms with Crippen molar-refractivity contribution >= 4 is 5.52 Å². The van der Waals surface area contributed by atoms with Crippen molar-refractivity contribution in [2.45, 2.75) is 38.3 Å². The van der Waals surface area contributed by atoms with Crippen LogP contribution in [0.3, 0.4) is 0 Å². The summed E-state index contributed by atoms with van der Waals surface area (Å²) in [6.45, 7) is 1.45. The smallest absolute Gasteiger partial charge is 0.115 e. The van der Waals surface area contributed by atoms with Crippen LogP contribution in [0.25, 0.3) is 5.52 Å². The molecule has 96 valence electrons. The molecule has 3 heterocycles. The van der Waals surface area contributed by atoms with E-state index in [1.165, 1.54) is 12.8 Å². The Hall–Kier alpha value is -1.39. The molecule has 4 heteroatoms. The summed E-state index contributed by atoms with van der Waals surface area (Å²) in [6.07, 6.45) is 8.82. The third-order valence-corrected chi connectivity index (χ3v) is 3.59. The molecule has 2 aromatic rings. The molecule has 1 atom stereocenters. The lowest BCUT2D eigenvalue weighted by molar-refractivity contribution is 0.0156. The van der Waals surface area contributed by atoms with Crippen LogP contribution in [0.4, 0.5) is 0 Å². The van der Waals surface area contributed by atoms with Gasteiger partial charge in [-0.1, -0.05) is 6.07 Å². The van der Waals surface area contributed by atoms with Gasteiger partial charge >= 0.3 is 0 Å². The second-order valence-corrected chi connectivity index (χ2v) is 4.90. The highest BCUT2D eigenvalue weighted by Gasteiger charge is 2.16. The van der Waals surface area contributed by atoms with Gasteiger partial charge < -0.3 is 14.9 Å². The van der Waals surface area contributed by atoms with Crippen LogP contribution in [0.2, 0.25) is 0 Å². The third kappa shape index (κ3) is 2.26. The second kappa shape index (κ2) is 5.08. The standard InChI is InChI=1S/C14H19N3O/c15-8-11-4-5-12-9-16-14(17(12)10-11)7-13-3-1-2-6-18-13/h4-5,9-10,13H,1-3,6-8,15H2. The van der Waals surface area contributed by atoms with Gasteiger partial charge in [0.25, 0.3) is 0 Å². The predicted octanol–water partition coefficient (Wildman–Crippen LogP) is 1.90. The van der Waals surface area contributed by atoms with Crippen molar-refractivity contribution in [1.29, 1.82) is 0 Å². The Labute approximate surface area is 107 Å². The molecule has 1 aliphatic heterocycles. The molecule has 0 bridgehead atoms. The molecular weight excluding hydrogens is 226 g/mol. The van der Waals surface area contributed by atoms with Crippen LogP contribution in [0.15, 0.2) is 24.5 Å². The van der Waals surface area contributed by atoms with Gasteiger partial charge in [-0.05, 0) is 30.9 Å². The largest absolute Gasteiger partial charge is 0.378 e. The third-order valence-electron chi connectivity index (χ3n) is 3.59. The quantitative estimate of drug-likeness (QED) is 0.898. The Bertz CT molecular complexity index is 529. The number of nitrogens with zero attached hydrogens (tertiary/aromatic N) is 2. The molecule has 1 saturated heterocycles. The number of nitrogens with two attached hydrogens (primary N) is 1. The summed E-state index contributed by atoms with van der Waals surface area (Å²) >= 11 is 0. The Morgan fingerprint density at radius 3 is 3.11 bits per heavy atom. The molecule has 0 spiro atoms. The lowest BCUT2D eigenvalue weighted by Crippen LogP contribution is -2.22. The van der Waals surface area contributed by atoms with E-state index in [2.05, 4.69) is 27.7 Å². The topological polar surface area (TPSA) is 52.5 Å². The van der Waals surface area contributed by atoms with Crippen LogP contribution in [0, 0.1) is 0 Å². The number of fused-ring (bicyclic) bond motifs is 1. The predicted molar refractivity (Wildman–Crippen MR) is 70.4 cm³/mol. The normalized spacial score (nSPS) is 20.4. The molecule has 0 amide bonds. The molecule has 2 N–H and O–H groups in total. The highest BCUT2D eigenvalue weighted by Crippen LogP contribution is 2.18. The molecule has 0 radical (unpaired) electrons. The number of aromatic nitrogens is 2. The first-order valence-electron chi connectivity index (χ1n) is 6.63. The molecule has 18 heavy (non-hydrogen) atoms. The van der Waals surface area contributed by atoms with Crippen LogP contribution in [-0.2, 0) is 17.7 Å². The zero-order valence-corrected chi connectivity index (χ0v) is 10.5. The maximum Gasteiger partial charge on any atom is 0.115 e. The van der Waals surface area contributed by atoms with Crippen molar-refractivity contribution in [3.05, 3.63) is 35.9 Å². The average Bonchev–Trinajstić information content (AvgIpc) is 2.82. The monoisotopic (exact) mass is 245 g/mol. The number of imidazole rings is 1. The van der Waals surface area contributed by atoms with Gasteiger partial charge in [-0.25, -0.2) is 4.98 Å². The van der Waals surface area contributed by atoms with Gasteiger partial charge in [0.1, 0.15) is 5.82 Å². The molecule has 0 aromatic carbocycles. The first kappa shape index (κ1) is 11.7. The van der Waals surface area contributed by atoms with E-state index in [-0.39, 0.29) is 0 Å².